The van der Waals surface area contributed by atoms with Crippen molar-refractivity contribution in [3.63, 3.8) is 0 Å². The van der Waals surface area contributed by atoms with Crippen molar-refractivity contribution >= 4 is 17.5 Å². The van der Waals surface area contributed by atoms with Crippen molar-refractivity contribution in [1.82, 2.24) is 24.8 Å². The zero-order valence-corrected chi connectivity index (χ0v) is 10.6. The molecule has 0 saturated heterocycles. The number of halogens is 1. The molecule has 6 nitrogen and oxygen atoms in total. The third-order valence-electron chi connectivity index (χ3n) is 2.39. The number of carbonyl (C=O) groups excluding carboxylic acids is 1. The van der Waals surface area contributed by atoms with Crippen LogP contribution in [0.3, 0.4) is 0 Å². The summed E-state index contributed by atoms with van der Waals surface area (Å²) in [6.07, 6.45) is 7.00. The minimum Gasteiger partial charge on any atom is -0.350 e. The Labute approximate surface area is 109 Å². The average Bonchev–Trinajstić information content (AvgIpc) is 2.75. The maximum Gasteiger partial charge on any atom is 0.271 e. The number of rotatable bonds is 4. The van der Waals surface area contributed by atoms with E-state index in [1.807, 2.05) is 17.8 Å². The van der Waals surface area contributed by atoms with Gasteiger partial charge in [0.1, 0.15) is 16.7 Å². The first-order chi connectivity index (χ1) is 8.66. The van der Waals surface area contributed by atoms with Crippen molar-refractivity contribution in [1.29, 1.82) is 0 Å². The predicted octanol–water partition coefficient (Wildman–Crippen LogP) is 0.836. The maximum atomic E-state index is 11.7. The highest BCUT2D eigenvalue weighted by atomic mass is 35.5. The largest absolute Gasteiger partial charge is 0.350 e. The number of aryl methyl sites for hydroxylation is 1. The maximum absolute atomic E-state index is 11.7. The number of aromatic nitrogens is 4. The summed E-state index contributed by atoms with van der Waals surface area (Å²) in [5, 5.41) is 2.94. The van der Waals surface area contributed by atoms with Crippen LogP contribution in [0, 0.1) is 0 Å². The normalized spacial score (nSPS) is 10.3. The fourth-order valence-corrected chi connectivity index (χ4v) is 1.61. The van der Waals surface area contributed by atoms with Gasteiger partial charge in [0.15, 0.2) is 0 Å². The van der Waals surface area contributed by atoms with Gasteiger partial charge in [-0.3, -0.25) is 9.78 Å². The molecular formula is C11H12ClN5O. The molecule has 2 aromatic heterocycles. The highest BCUT2D eigenvalue weighted by molar-refractivity contribution is 6.29. The lowest BCUT2D eigenvalue weighted by atomic mass is 10.3. The van der Waals surface area contributed by atoms with Gasteiger partial charge in [-0.2, -0.15) is 0 Å². The van der Waals surface area contributed by atoms with Gasteiger partial charge in [0.2, 0.25) is 0 Å². The molecule has 0 bridgehead atoms. The minimum atomic E-state index is -0.292. The van der Waals surface area contributed by atoms with Crippen LogP contribution < -0.4 is 5.32 Å². The summed E-state index contributed by atoms with van der Waals surface area (Å²) in [6, 6.07) is 0. The van der Waals surface area contributed by atoms with E-state index >= 15 is 0 Å². The number of imidazole rings is 1. The highest BCUT2D eigenvalue weighted by Gasteiger charge is 2.08. The molecule has 1 amide bonds. The Hall–Kier alpha value is -1.95. The van der Waals surface area contributed by atoms with E-state index in [1.54, 1.807) is 6.20 Å². The smallest absolute Gasteiger partial charge is 0.271 e. The summed E-state index contributed by atoms with van der Waals surface area (Å²) in [7, 11) is 1.91. The van der Waals surface area contributed by atoms with Crippen LogP contribution in [0.5, 0.6) is 0 Å². The summed E-state index contributed by atoms with van der Waals surface area (Å²) in [6.45, 7) is 0.484. The fourth-order valence-electron chi connectivity index (χ4n) is 1.47. The molecule has 0 spiro atoms. The first-order valence-corrected chi connectivity index (χ1v) is 5.76. The Morgan fingerprint density at radius 3 is 3.00 bits per heavy atom. The Morgan fingerprint density at radius 2 is 2.33 bits per heavy atom. The Bertz CT molecular complexity index is 554. The number of amides is 1. The second kappa shape index (κ2) is 5.59. The number of nitrogens with zero attached hydrogens (tertiary/aromatic N) is 4. The molecule has 0 radical (unpaired) electrons. The fraction of sp³-hybridized carbons (Fsp3) is 0.273. The molecule has 1 N–H and O–H groups in total. The van der Waals surface area contributed by atoms with Crippen LogP contribution in [-0.4, -0.2) is 32.0 Å². The van der Waals surface area contributed by atoms with Gasteiger partial charge in [-0.15, -0.1) is 0 Å². The molecule has 94 valence electrons. The summed E-state index contributed by atoms with van der Waals surface area (Å²) in [5.74, 6) is 0.617. The molecule has 2 aromatic rings. The van der Waals surface area contributed by atoms with E-state index in [9.17, 15) is 4.79 Å². The molecule has 0 aliphatic rings. The lowest BCUT2D eigenvalue weighted by Crippen LogP contribution is -2.27. The van der Waals surface area contributed by atoms with E-state index in [2.05, 4.69) is 20.3 Å². The molecule has 2 heterocycles. The minimum absolute atomic E-state index is 0.201. The first kappa shape index (κ1) is 12.5. The van der Waals surface area contributed by atoms with Gasteiger partial charge in [0.25, 0.3) is 5.91 Å². The van der Waals surface area contributed by atoms with Gasteiger partial charge in [0.05, 0.1) is 12.4 Å². The number of hydrogen-bond acceptors (Lipinski definition) is 4. The number of carbonyl (C=O) groups is 1. The molecule has 18 heavy (non-hydrogen) atoms. The summed E-state index contributed by atoms with van der Waals surface area (Å²) >= 11 is 5.66. The van der Waals surface area contributed by atoms with Gasteiger partial charge in [0, 0.05) is 32.4 Å². The first-order valence-electron chi connectivity index (χ1n) is 5.39. The van der Waals surface area contributed by atoms with E-state index in [-0.39, 0.29) is 16.8 Å². The molecule has 0 unspecified atom stereocenters. The second-order valence-electron chi connectivity index (χ2n) is 3.69. The van der Waals surface area contributed by atoms with Crippen LogP contribution in [0.1, 0.15) is 16.3 Å². The predicted molar refractivity (Wildman–Crippen MR) is 66.3 cm³/mol. The second-order valence-corrected chi connectivity index (χ2v) is 4.07. The van der Waals surface area contributed by atoms with Crippen molar-refractivity contribution in [3.05, 3.63) is 41.5 Å². The van der Waals surface area contributed by atoms with Crippen LogP contribution in [0.2, 0.25) is 5.15 Å². The lowest BCUT2D eigenvalue weighted by Gasteiger charge is -2.04. The van der Waals surface area contributed by atoms with Crippen LogP contribution in [0.4, 0.5) is 0 Å². The van der Waals surface area contributed by atoms with Gasteiger partial charge in [-0.05, 0) is 0 Å². The zero-order chi connectivity index (χ0) is 13.0. The molecule has 2 rings (SSSR count). The van der Waals surface area contributed by atoms with Crippen molar-refractivity contribution < 1.29 is 4.79 Å². The van der Waals surface area contributed by atoms with Crippen LogP contribution in [0.25, 0.3) is 0 Å². The molecule has 0 atom stereocenters. The monoisotopic (exact) mass is 265 g/mol. The van der Waals surface area contributed by atoms with E-state index in [0.717, 1.165) is 5.82 Å². The van der Waals surface area contributed by atoms with Crippen molar-refractivity contribution in [2.24, 2.45) is 7.05 Å². The van der Waals surface area contributed by atoms with Gasteiger partial charge in [-0.1, -0.05) is 11.6 Å². The Kier molecular flexibility index (Phi) is 3.88. The molecule has 0 saturated carbocycles. The average molecular weight is 266 g/mol. The zero-order valence-electron chi connectivity index (χ0n) is 9.80. The molecule has 0 aliphatic carbocycles. The highest BCUT2D eigenvalue weighted by Crippen LogP contribution is 2.02. The summed E-state index contributed by atoms with van der Waals surface area (Å²) in [4.78, 5) is 23.6. The molecule has 7 heteroatoms. The Balaban J connectivity index is 1.87. The van der Waals surface area contributed by atoms with Gasteiger partial charge >= 0.3 is 0 Å². The van der Waals surface area contributed by atoms with E-state index in [4.69, 9.17) is 11.6 Å². The SMILES string of the molecule is Cn1ccnc1CCNC(=O)c1cncc(Cl)n1. The standard InChI is InChI=1S/C11H12ClN5O/c1-17-5-4-14-10(17)2-3-15-11(18)8-6-13-7-9(12)16-8/h4-7H,2-3H2,1H3,(H,15,18). The van der Waals surface area contributed by atoms with Crippen LogP contribution in [0.15, 0.2) is 24.8 Å². The van der Waals surface area contributed by atoms with Crippen LogP contribution >= 0.6 is 11.6 Å². The van der Waals surface area contributed by atoms with Gasteiger partial charge in [-0.25, -0.2) is 9.97 Å². The van der Waals surface area contributed by atoms with Crippen molar-refractivity contribution in [3.8, 4) is 0 Å². The third kappa shape index (κ3) is 3.04. The van der Waals surface area contributed by atoms with Crippen LogP contribution in [-0.2, 0) is 13.5 Å². The molecular weight excluding hydrogens is 254 g/mol. The quantitative estimate of drug-likeness (QED) is 0.889. The summed E-state index contributed by atoms with van der Waals surface area (Å²) in [5.41, 5.74) is 0.211. The lowest BCUT2D eigenvalue weighted by molar-refractivity contribution is 0.0948. The van der Waals surface area contributed by atoms with E-state index < -0.39 is 0 Å². The third-order valence-corrected chi connectivity index (χ3v) is 2.58. The molecule has 0 aromatic carbocycles. The topological polar surface area (TPSA) is 72.7 Å². The number of hydrogen-bond donors (Lipinski definition) is 1. The van der Waals surface area contributed by atoms with Crippen molar-refractivity contribution in [2.45, 2.75) is 6.42 Å². The van der Waals surface area contributed by atoms with E-state index in [1.165, 1.54) is 12.4 Å². The molecule has 0 fully saturated rings. The van der Waals surface area contributed by atoms with Gasteiger partial charge < -0.3 is 9.88 Å². The molecule has 0 aliphatic heterocycles. The Morgan fingerprint density at radius 1 is 1.50 bits per heavy atom. The van der Waals surface area contributed by atoms with E-state index in [0.29, 0.717) is 13.0 Å². The summed E-state index contributed by atoms with van der Waals surface area (Å²) < 4.78 is 1.91. The number of nitrogens with one attached hydrogen (secondary N) is 1. The van der Waals surface area contributed by atoms with Crippen molar-refractivity contribution in [2.75, 3.05) is 6.54 Å².